The molecule has 0 saturated heterocycles. The third kappa shape index (κ3) is 3.21. The maximum atomic E-state index is 8.99. The topological polar surface area (TPSA) is 56.0 Å². The summed E-state index contributed by atoms with van der Waals surface area (Å²) in [7, 11) is 0. The van der Waals surface area contributed by atoms with Crippen molar-refractivity contribution >= 4 is 21.6 Å². The summed E-state index contributed by atoms with van der Waals surface area (Å²) >= 11 is 3.39. The maximum absolute atomic E-state index is 8.99. The van der Waals surface area contributed by atoms with Crippen LogP contribution in [0.3, 0.4) is 0 Å². The molecule has 4 heteroatoms. The van der Waals surface area contributed by atoms with Crippen molar-refractivity contribution in [1.82, 2.24) is 0 Å². The third-order valence-electron chi connectivity index (χ3n) is 3.29. The van der Waals surface area contributed by atoms with Crippen LogP contribution in [0.25, 0.3) is 0 Å². The average molecular weight is 295 g/mol. The number of halogens is 1. The van der Waals surface area contributed by atoms with Gasteiger partial charge in [0.1, 0.15) is 0 Å². The molecule has 0 radical (unpaired) electrons. The second-order valence-electron chi connectivity index (χ2n) is 4.67. The van der Waals surface area contributed by atoms with E-state index in [9.17, 15) is 0 Å². The van der Waals surface area contributed by atoms with E-state index in [0.717, 1.165) is 23.1 Å². The highest BCUT2D eigenvalue weighted by atomic mass is 79.9. The molecular formula is C13H15BrN2O. The zero-order valence-electron chi connectivity index (χ0n) is 9.54. The molecule has 90 valence electrons. The molecule has 1 saturated carbocycles. The fraction of sp³-hybridized carbons (Fsp3) is 0.462. The average Bonchev–Trinajstić information content (AvgIpc) is 3.07. The number of nitrogens with zero attached hydrogens (tertiary/aromatic N) is 1. The second kappa shape index (κ2) is 5.07. The summed E-state index contributed by atoms with van der Waals surface area (Å²) in [6.45, 7) is 1.12. The van der Waals surface area contributed by atoms with Gasteiger partial charge in [0.25, 0.3) is 0 Å². The van der Waals surface area contributed by atoms with Gasteiger partial charge in [0.05, 0.1) is 11.6 Å². The normalized spacial score (nSPS) is 16.3. The number of hydrogen-bond acceptors (Lipinski definition) is 3. The van der Waals surface area contributed by atoms with Crippen molar-refractivity contribution in [2.45, 2.75) is 19.3 Å². The lowest BCUT2D eigenvalue weighted by Gasteiger charge is -2.15. The fourth-order valence-corrected chi connectivity index (χ4v) is 2.47. The molecule has 1 aliphatic rings. The lowest BCUT2D eigenvalue weighted by atomic mass is 10.0. The van der Waals surface area contributed by atoms with Gasteiger partial charge in [-0.05, 0) is 42.9 Å². The van der Waals surface area contributed by atoms with Gasteiger partial charge >= 0.3 is 0 Å². The Morgan fingerprint density at radius 1 is 1.41 bits per heavy atom. The van der Waals surface area contributed by atoms with E-state index in [-0.39, 0.29) is 12.0 Å². The number of nitrogens with one attached hydrogen (secondary N) is 1. The van der Waals surface area contributed by atoms with Gasteiger partial charge < -0.3 is 10.4 Å². The Balaban J connectivity index is 2.00. The van der Waals surface area contributed by atoms with Crippen molar-refractivity contribution in [2.24, 2.45) is 5.41 Å². The van der Waals surface area contributed by atoms with Gasteiger partial charge in [0.2, 0.25) is 0 Å². The van der Waals surface area contributed by atoms with E-state index in [0.29, 0.717) is 5.56 Å². The third-order valence-corrected chi connectivity index (χ3v) is 3.75. The summed E-state index contributed by atoms with van der Waals surface area (Å²) in [6.07, 6.45) is 3.22. The highest BCUT2D eigenvalue weighted by Gasteiger charge is 2.41. The summed E-state index contributed by atoms with van der Waals surface area (Å²) in [5, 5.41) is 21.2. The van der Waals surface area contributed by atoms with Crippen LogP contribution in [0.4, 0.5) is 5.69 Å². The van der Waals surface area contributed by atoms with Crippen molar-refractivity contribution in [3.8, 4) is 6.07 Å². The summed E-state index contributed by atoms with van der Waals surface area (Å²) in [6, 6.07) is 7.75. The molecule has 0 heterocycles. The minimum Gasteiger partial charge on any atom is -0.396 e. The molecule has 1 aromatic rings. The van der Waals surface area contributed by atoms with Gasteiger partial charge in [-0.2, -0.15) is 5.26 Å². The van der Waals surface area contributed by atoms with Crippen molar-refractivity contribution in [1.29, 1.82) is 5.26 Å². The number of nitriles is 1. The van der Waals surface area contributed by atoms with E-state index in [2.05, 4.69) is 27.3 Å². The van der Waals surface area contributed by atoms with Crippen LogP contribution >= 0.6 is 15.9 Å². The largest absolute Gasteiger partial charge is 0.396 e. The van der Waals surface area contributed by atoms with E-state index >= 15 is 0 Å². The summed E-state index contributed by atoms with van der Waals surface area (Å²) in [5.41, 5.74) is 1.89. The van der Waals surface area contributed by atoms with Gasteiger partial charge in [-0.3, -0.25) is 0 Å². The molecule has 17 heavy (non-hydrogen) atoms. The zero-order valence-corrected chi connectivity index (χ0v) is 11.1. The monoisotopic (exact) mass is 294 g/mol. The van der Waals surface area contributed by atoms with E-state index in [4.69, 9.17) is 10.4 Å². The molecule has 3 nitrogen and oxygen atoms in total. The number of benzene rings is 1. The molecule has 0 spiro atoms. The summed E-state index contributed by atoms with van der Waals surface area (Å²) in [5.74, 6) is 0. The molecule has 0 unspecified atom stereocenters. The fourth-order valence-electron chi connectivity index (χ4n) is 1.97. The molecule has 0 bridgehead atoms. The van der Waals surface area contributed by atoms with Gasteiger partial charge in [-0.1, -0.05) is 15.9 Å². The Morgan fingerprint density at radius 3 is 2.76 bits per heavy atom. The standard InChI is InChI=1S/C13H15BrN2O/c14-11-5-10(8-15)6-12(7-11)16-9-13(1-2-13)3-4-17/h5-7,16-17H,1-4,9H2. The first-order chi connectivity index (χ1) is 8.17. The molecule has 1 fully saturated rings. The van der Waals surface area contributed by atoms with Crippen molar-refractivity contribution in [3.63, 3.8) is 0 Å². The maximum Gasteiger partial charge on any atom is 0.0992 e. The number of aliphatic hydroxyl groups is 1. The Labute approximate surface area is 110 Å². The SMILES string of the molecule is N#Cc1cc(Br)cc(NCC2(CCO)CC2)c1. The quantitative estimate of drug-likeness (QED) is 0.878. The molecule has 0 atom stereocenters. The predicted molar refractivity (Wildman–Crippen MR) is 70.7 cm³/mol. The zero-order chi connectivity index (χ0) is 12.3. The van der Waals surface area contributed by atoms with Crippen molar-refractivity contribution in [3.05, 3.63) is 28.2 Å². The van der Waals surface area contributed by atoms with Crippen LogP contribution in [0.5, 0.6) is 0 Å². The van der Waals surface area contributed by atoms with Crippen LogP contribution in [0.15, 0.2) is 22.7 Å². The minimum absolute atomic E-state index is 0.254. The lowest BCUT2D eigenvalue weighted by Crippen LogP contribution is -2.16. The van der Waals surface area contributed by atoms with Gasteiger partial charge in [-0.15, -0.1) is 0 Å². The van der Waals surface area contributed by atoms with Crippen LogP contribution < -0.4 is 5.32 Å². The Bertz CT molecular complexity index is 449. The smallest absolute Gasteiger partial charge is 0.0992 e. The Hall–Kier alpha value is -1.05. The molecule has 0 aromatic heterocycles. The molecule has 2 rings (SSSR count). The molecule has 0 aliphatic heterocycles. The Morgan fingerprint density at radius 2 is 2.18 bits per heavy atom. The summed E-state index contributed by atoms with van der Waals surface area (Å²) in [4.78, 5) is 0. The van der Waals surface area contributed by atoms with Crippen molar-refractivity contribution < 1.29 is 5.11 Å². The number of aliphatic hydroxyl groups excluding tert-OH is 1. The van der Waals surface area contributed by atoms with Crippen LogP contribution in [0.2, 0.25) is 0 Å². The first-order valence-corrected chi connectivity index (χ1v) is 6.52. The number of anilines is 1. The highest BCUT2D eigenvalue weighted by molar-refractivity contribution is 9.10. The molecule has 1 aromatic carbocycles. The van der Waals surface area contributed by atoms with E-state index < -0.39 is 0 Å². The molecular weight excluding hydrogens is 280 g/mol. The predicted octanol–water partition coefficient (Wildman–Crippen LogP) is 2.90. The number of hydrogen-bond donors (Lipinski definition) is 2. The van der Waals surface area contributed by atoms with Gasteiger partial charge in [0.15, 0.2) is 0 Å². The first-order valence-electron chi connectivity index (χ1n) is 5.73. The van der Waals surface area contributed by atoms with Gasteiger partial charge in [0, 0.05) is 23.3 Å². The molecule has 0 amide bonds. The van der Waals surface area contributed by atoms with E-state index in [1.165, 1.54) is 12.8 Å². The lowest BCUT2D eigenvalue weighted by molar-refractivity contribution is 0.253. The minimum atomic E-state index is 0.254. The van der Waals surface area contributed by atoms with Crippen LogP contribution in [0, 0.1) is 16.7 Å². The second-order valence-corrected chi connectivity index (χ2v) is 5.58. The first kappa shape index (κ1) is 12.4. The molecule has 2 N–H and O–H groups in total. The number of rotatable bonds is 5. The highest BCUT2D eigenvalue weighted by Crippen LogP contribution is 2.48. The Kier molecular flexibility index (Phi) is 3.70. The van der Waals surface area contributed by atoms with Crippen molar-refractivity contribution in [2.75, 3.05) is 18.5 Å². The van der Waals surface area contributed by atoms with E-state index in [1.807, 2.05) is 12.1 Å². The van der Waals surface area contributed by atoms with E-state index in [1.54, 1.807) is 6.07 Å². The molecule has 1 aliphatic carbocycles. The van der Waals surface area contributed by atoms with Crippen LogP contribution in [-0.4, -0.2) is 18.3 Å². The summed E-state index contributed by atoms with van der Waals surface area (Å²) < 4.78 is 0.908. The van der Waals surface area contributed by atoms with Crippen LogP contribution in [0.1, 0.15) is 24.8 Å². The van der Waals surface area contributed by atoms with Crippen LogP contribution in [-0.2, 0) is 0 Å². The van der Waals surface area contributed by atoms with Gasteiger partial charge in [-0.25, -0.2) is 0 Å².